The first-order valence-corrected chi connectivity index (χ1v) is 6.39. The number of nitrogens with zero attached hydrogens (tertiary/aromatic N) is 3. The number of fused-ring (bicyclic) bond motifs is 1. The van der Waals surface area contributed by atoms with E-state index in [0.717, 1.165) is 0 Å². The summed E-state index contributed by atoms with van der Waals surface area (Å²) in [6, 6.07) is 0. The van der Waals surface area contributed by atoms with Crippen LogP contribution in [-0.2, 0) is 0 Å². The second-order valence-electron chi connectivity index (χ2n) is 2.76. The Morgan fingerprint density at radius 1 is 1.38 bits per heavy atom. The normalized spacial score (nSPS) is 11.0. The molecule has 0 saturated heterocycles. The van der Waals surface area contributed by atoms with Gasteiger partial charge in [-0.2, -0.15) is 4.98 Å². The Balaban J connectivity index is 2.94. The van der Waals surface area contributed by atoms with Crippen molar-refractivity contribution in [2.45, 2.75) is 5.16 Å². The Labute approximate surface area is 107 Å². The molecule has 0 amide bonds. The minimum absolute atomic E-state index is 0.0521. The molecule has 0 saturated carbocycles. The fourth-order valence-electron chi connectivity index (χ4n) is 1.16. The third-order valence-corrected chi connectivity index (χ3v) is 3.22. The van der Waals surface area contributed by atoms with Crippen LogP contribution in [0.1, 0.15) is 0 Å². The van der Waals surface area contributed by atoms with Crippen LogP contribution in [0.5, 0.6) is 5.88 Å². The van der Waals surface area contributed by atoms with Gasteiger partial charge < -0.3 is 5.11 Å². The van der Waals surface area contributed by atoms with E-state index in [1.807, 2.05) is 0 Å². The third kappa shape index (κ3) is 1.83. The van der Waals surface area contributed by atoms with E-state index in [2.05, 4.69) is 30.9 Å². The third-order valence-electron chi connectivity index (χ3n) is 1.84. The number of rotatable bonds is 1. The highest BCUT2D eigenvalue weighted by atomic mass is 79.9. The van der Waals surface area contributed by atoms with Crippen molar-refractivity contribution in [1.29, 1.82) is 0 Å². The number of hydrogen-bond donors (Lipinski definition) is 1. The summed E-state index contributed by atoms with van der Waals surface area (Å²) in [4.78, 5) is 11.4. The van der Waals surface area contributed by atoms with Gasteiger partial charge in [0.1, 0.15) is 10.1 Å². The molecule has 0 aliphatic rings. The van der Waals surface area contributed by atoms with Crippen molar-refractivity contribution in [3.8, 4) is 5.88 Å². The molecular formula is C8H4BrClFN3OS. The van der Waals surface area contributed by atoms with Gasteiger partial charge in [0.05, 0.1) is 5.39 Å². The molecule has 8 heteroatoms. The summed E-state index contributed by atoms with van der Waals surface area (Å²) in [5, 5.41) is 9.71. The lowest BCUT2D eigenvalue weighted by atomic mass is 10.3. The van der Waals surface area contributed by atoms with Crippen LogP contribution in [0, 0.1) is 5.82 Å². The van der Waals surface area contributed by atoms with Crippen LogP contribution in [0.4, 0.5) is 4.39 Å². The summed E-state index contributed by atoms with van der Waals surface area (Å²) in [6.07, 6.45) is 1.72. The summed E-state index contributed by atoms with van der Waals surface area (Å²) in [7, 11) is 0. The van der Waals surface area contributed by atoms with Crippen molar-refractivity contribution < 1.29 is 9.50 Å². The lowest BCUT2D eigenvalue weighted by Gasteiger charge is -2.05. The Kier molecular flexibility index (Phi) is 3.18. The van der Waals surface area contributed by atoms with Crippen molar-refractivity contribution in [3.63, 3.8) is 0 Å². The van der Waals surface area contributed by atoms with Crippen LogP contribution in [0.2, 0.25) is 5.15 Å². The minimum Gasteiger partial charge on any atom is -0.493 e. The zero-order chi connectivity index (χ0) is 11.9. The molecule has 0 radical (unpaired) electrons. The molecule has 0 aliphatic carbocycles. The first kappa shape index (κ1) is 11.8. The predicted molar refractivity (Wildman–Crippen MR) is 63.4 cm³/mol. The molecule has 0 spiro atoms. The summed E-state index contributed by atoms with van der Waals surface area (Å²) in [6.45, 7) is 0. The van der Waals surface area contributed by atoms with Crippen molar-refractivity contribution in [2.24, 2.45) is 0 Å². The largest absolute Gasteiger partial charge is 0.493 e. The van der Waals surface area contributed by atoms with Gasteiger partial charge >= 0.3 is 0 Å². The maximum Gasteiger partial charge on any atom is 0.225 e. The summed E-state index contributed by atoms with van der Waals surface area (Å²) in [5.74, 6) is -1.10. The van der Waals surface area contributed by atoms with E-state index in [9.17, 15) is 9.50 Å². The van der Waals surface area contributed by atoms with Gasteiger partial charge in [-0.05, 0) is 22.2 Å². The van der Waals surface area contributed by atoms with E-state index >= 15 is 0 Å². The van der Waals surface area contributed by atoms with Crippen molar-refractivity contribution in [1.82, 2.24) is 15.0 Å². The van der Waals surface area contributed by atoms with Crippen molar-refractivity contribution in [3.05, 3.63) is 15.6 Å². The summed E-state index contributed by atoms with van der Waals surface area (Å²) in [5.41, 5.74) is -0.0521. The Hall–Kier alpha value is -0.660. The SMILES string of the molecule is CSc1nc(O)c2c(Br)nc(Cl)c(F)c2n1. The topological polar surface area (TPSA) is 58.9 Å². The fourth-order valence-corrected chi connectivity index (χ4v) is 2.34. The van der Waals surface area contributed by atoms with E-state index in [1.54, 1.807) is 6.26 Å². The lowest BCUT2D eigenvalue weighted by molar-refractivity contribution is 0.452. The molecule has 2 rings (SSSR count). The maximum absolute atomic E-state index is 13.6. The van der Waals surface area contributed by atoms with Crippen LogP contribution in [0.3, 0.4) is 0 Å². The van der Waals surface area contributed by atoms with Crippen LogP contribution >= 0.6 is 39.3 Å². The number of pyridine rings is 1. The van der Waals surface area contributed by atoms with Crippen molar-refractivity contribution in [2.75, 3.05) is 6.26 Å². The van der Waals surface area contributed by atoms with Crippen LogP contribution in [0.25, 0.3) is 10.9 Å². The number of aromatic hydroxyl groups is 1. The highest BCUT2D eigenvalue weighted by Gasteiger charge is 2.17. The Bertz CT molecular complexity index is 583. The minimum atomic E-state index is -0.770. The van der Waals surface area contributed by atoms with Crippen LogP contribution in [0.15, 0.2) is 9.76 Å². The zero-order valence-corrected chi connectivity index (χ0v) is 11.0. The average Bonchev–Trinajstić information content (AvgIpc) is 2.24. The molecule has 0 bridgehead atoms. The summed E-state index contributed by atoms with van der Waals surface area (Å²) < 4.78 is 13.9. The van der Waals surface area contributed by atoms with E-state index in [0.29, 0.717) is 0 Å². The number of aromatic nitrogens is 3. The lowest BCUT2D eigenvalue weighted by Crippen LogP contribution is -1.95. The highest BCUT2D eigenvalue weighted by Crippen LogP contribution is 2.33. The van der Waals surface area contributed by atoms with Gasteiger partial charge in [-0.25, -0.2) is 14.4 Å². The van der Waals surface area contributed by atoms with Gasteiger partial charge in [0.15, 0.2) is 16.1 Å². The fraction of sp³-hybridized carbons (Fsp3) is 0.125. The number of thioether (sulfide) groups is 1. The van der Waals surface area contributed by atoms with E-state index < -0.39 is 5.82 Å². The molecule has 2 heterocycles. The molecule has 2 aromatic rings. The smallest absolute Gasteiger partial charge is 0.225 e. The molecule has 84 valence electrons. The number of hydrogen-bond acceptors (Lipinski definition) is 5. The molecule has 4 nitrogen and oxygen atoms in total. The second kappa shape index (κ2) is 4.31. The average molecular weight is 325 g/mol. The zero-order valence-electron chi connectivity index (χ0n) is 7.83. The molecule has 1 N–H and O–H groups in total. The van der Waals surface area contributed by atoms with E-state index in [1.165, 1.54) is 11.8 Å². The van der Waals surface area contributed by atoms with E-state index in [4.69, 9.17) is 11.6 Å². The second-order valence-corrected chi connectivity index (χ2v) is 4.65. The molecule has 0 fully saturated rings. The Morgan fingerprint density at radius 3 is 2.69 bits per heavy atom. The number of halogens is 3. The quantitative estimate of drug-likeness (QED) is 0.496. The Morgan fingerprint density at radius 2 is 2.06 bits per heavy atom. The van der Waals surface area contributed by atoms with Gasteiger partial charge in [0.25, 0.3) is 0 Å². The maximum atomic E-state index is 13.6. The highest BCUT2D eigenvalue weighted by molar-refractivity contribution is 9.10. The van der Waals surface area contributed by atoms with Gasteiger partial charge in [-0.1, -0.05) is 23.4 Å². The van der Waals surface area contributed by atoms with Gasteiger partial charge in [-0.15, -0.1) is 0 Å². The van der Waals surface area contributed by atoms with Crippen LogP contribution < -0.4 is 0 Å². The van der Waals surface area contributed by atoms with Crippen LogP contribution in [-0.4, -0.2) is 26.3 Å². The summed E-state index contributed by atoms with van der Waals surface area (Å²) >= 11 is 9.84. The molecular weight excluding hydrogens is 321 g/mol. The van der Waals surface area contributed by atoms with Gasteiger partial charge in [0.2, 0.25) is 5.88 Å². The standard InChI is InChI=1S/C8H4BrClFN3OS/c1-16-8-12-4-2(7(15)14-8)5(9)13-6(10)3(4)11/h1H3,(H,12,14,15). The molecule has 0 atom stereocenters. The first-order valence-electron chi connectivity index (χ1n) is 3.99. The molecule has 2 aromatic heterocycles. The monoisotopic (exact) mass is 323 g/mol. The van der Waals surface area contributed by atoms with Crippen molar-refractivity contribution >= 4 is 50.2 Å². The molecule has 16 heavy (non-hydrogen) atoms. The predicted octanol–water partition coefficient (Wildman–Crippen LogP) is 3.01. The van der Waals surface area contributed by atoms with E-state index in [-0.39, 0.29) is 31.7 Å². The first-order chi connectivity index (χ1) is 7.54. The van der Waals surface area contributed by atoms with Gasteiger partial charge in [0, 0.05) is 0 Å². The van der Waals surface area contributed by atoms with Gasteiger partial charge in [-0.3, -0.25) is 0 Å². The molecule has 0 unspecified atom stereocenters. The molecule has 0 aliphatic heterocycles. The molecule has 0 aromatic carbocycles.